The summed E-state index contributed by atoms with van der Waals surface area (Å²) in [6, 6.07) is 2.07. The summed E-state index contributed by atoms with van der Waals surface area (Å²) in [6.45, 7) is 1.45. The molecule has 1 amide bonds. The number of hydrogen-bond donors (Lipinski definition) is 1. The third kappa shape index (κ3) is 7.92. The molecular weight excluding hydrogens is 348 g/mol. The lowest BCUT2D eigenvalue weighted by Gasteiger charge is -2.16. The van der Waals surface area contributed by atoms with Crippen molar-refractivity contribution in [2.45, 2.75) is 38.6 Å². The minimum atomic E-state index is 0. The van der Waals surface area contributed by atoms with Gasteiger partial charge < -0.3 is 10.6 Å². The van der Waals surface area contributed by atoms with Crippen LogP contribution in [0.3, 0.4) is 0 Å². The third-order valence-electron chi connectivity index (χ3n) is 2.81. The van der Waals surface area contributed by atoms with Crippen LogP contribution in [0.4, 0.5) is 0 Å². The summed E-state index contributed by atoms with van der Waals surface area (Å²) in [5, 5.41) is 2.08. The van der Waals surface area contributed by atoms with E-state index in [-0.39, 0.29) is 18.3 Å². The van der Waals surface area contributed by atoms with Gasteiger partial charge >= 0.3 is 0 Å². The quantitative estimate of drug-likeness (QED) is 0.708. The predicted octanol–water partition coefficient (Wildman–Crippen LogP) is 3.80. The van der Waals surface area contributed by atoms with E-state index in [1.54, 1.807) is 16.2 Å². The molecule has 0 aliphatic rings. The molecule has 1 aromatic heterocycles. The van der Waals surface area contributed by atoms with Crippen LogP contribution >= 0.6 is 39.7 Å². The number of thiophene rings is 1. The van der Waals surface area contributed by atoms with Gasteiger partial charge in [0.15, 0.2) is 0 Å². The van der Waals surface area contributed by atoms with Crippen LogP contribution in [-0.4, -0.2) is 24.4 Å². The maximum Gasteiger partial charge on any atom is 0.222 e. The highest BCUT2D eigenvalue weighted by Gasteiger charge is 2.09. The van der Waals surface area contributed by atoms with E-state index in [4.69, 9.17) is 5.73 Å². The molecule has 0 saturated heterocycles. The fourth-order valence-electron chi connectivity index (χ4n) is 1.76. The second kappa shape index (κ2) is 10.7. The first kappa shape index (κ1) is 18.9. The Hall–Kier alpha value is -0.100. The Morgan fingerprint density at radius 1 is 1.37 bits per heavy atom. The van der Waals surface area contributed by atoms with Crippen LogP contribution in [0.1, 0.15) is 37.7 Å². The largest absolute Gasteiger partial charge is 0.341 e. The third-order valence-corrected chi connectivity index (χ3v) is 4.37. The molecule has 6 heteroatoms. The molecule has 0 unspecified atom stereocenters. The molecule has 0 aliphatic carbocycles. The number of carbonyl (C=O) groups is 1. The summed E-state index contributed by atoms with van der Waals surface area (Å²) in [4.78, 5) is 13.7. The Morgan fingerprint density at radius 2 is 2.05 bits per heavy atom. The first-order valence-electron chi connectivity index (χ1n) is 6.30. The number of nitrogens with zero attached hydrogens (tertiary/aromatic N) is 1. The van der Waals surface area contributed by atoms with E-state index in [1.807, 2.05) is 7.05 Å². The van der Waals surface area contributed by atoms with Crippen LogP contribution in [0.2, 0.25) is 0 Å². The maximum atomic E-state index is 11.9. The summed E-state index contributed by atoms with van der Waals surface area (Å²) in [5.41, 5.74) is 6.61. The summed E-state index contributed by atoms with van der Waals surface area (Å²) in [7, 11) is 1.87. The molecule has 1 heterocycles. The van der Waals surface area contributed by atoms with Crippen molar-refractivity contribution in [1.29, 1.82) is 0 Å². The first-order valence-corrected chi connectivity index (χ1v) is 7.97. The van der Waals surface area contributed by atoms with Crippen molar-refractivity contribution in [1.82, 2.24) is 4.90 Å². The fourth-order valence-corrected chi connectivity index (χ4v) is 2.96. The Bertz CT molecular complexity index is 373. The lowest BCUT2D eigenvalue weighted by molar-refractivity contribution is -0.130. The number of amides is 1. The van der Waals surface area contributed by atoms with Gasteiger partial charge in [-0.1, -0.05) is 12.8 Å². The highest BCUT2D eigenvalue weighted by atomic mass is 79.9. The molecule has 1 aromatic rings. The van der Waals surface area contributed by atoms with E-state index in [1.165, 1.54) is 5.56 Å². The Kier molecular flexibility index (Phi) is 10.6. The Morgan fingerprint density at radius 3 is 2.63 bits per heavy atom. The van der Waals surface area contributed by atoms with Crippen molar-refractivity contribution in [3.05, 3.63) is 20.8 Å². The SMILES string of the molecule is CN(Cc1csc(Br)c1)C(=O)CCCCCCN.Cl. The predicted molar refractivity (Wildman–Crippen MR) is 87.9 cm³/mol. The average molecular weight is 370 g/mol. The second-order valence-electron chi connectivity index (χ2n) is 4.46. The molecule has 0 radical (unpaired) electrons. The zero-order chi connectivity index (χ0) is 13.4. The van der Waals surface area contributed by atoms with Crippen molar-refractivity contribution >= 4 is 45.6 Å². The molecule has 1 rings (SSSR count). The number of rotatable bonds is 8. The molecule has 0 aliphatic heterocycles. The molecular formula is C13H22BrClN2OS. The maximum absolute atomic E-state index is 11.9. The van der Waals surface area contributed by atoms with Crippen LogP contribution in [-0.2, 0) is 11.3 Å². The summed E-state index contributed by atoms with van der Waals surface area (Å²) < 4.78 is 1.11. The normalized spacial score (nSPS) is 10.1. The molecule has 0 fully saturated rings. The van der Waals surface area contributed by atoms with Gasteiger partial charge in [0, 0.05) is 20.0 Å². The van der Waals surface area contributed by atoms with E-state index in [0.717, 1.165) is 36.0 Å². The van der Waals surface area contributed by atoms with Gasteiger partial charge in [-0.05, 0) is 52.3 Å². The van der Waals surface area contributed by atoms with Crippen LogP contribution < -0.4 is 5.73 Å². The smallest absolute Gasteiger partial charge is 0.222 e. The van der Waals surface area contributed by atoms with E-state index >= 15 is 0 Å². The fraction of sp³-hybridized carbons (Fsp3) is 0.615. The number of unbranched alkanes of at least 4 members (excludes halogenated alkanes) is 3. The number of halogens is 2. The van der Waals surface area contributed by atoms with Crippen LogP contribution in [0.15, 0.2) is 15.2 Å². The van der Waals surface area contributed by atoms with E-state index in [0.29, 0.717) is 13.0 Å². The number of nitrogens with two attached hydrogens (primary N) is 1. The van der Waals surface area contributed by atoms with Crippen molar-refractivity contribution < 1.29 is 4.79 Å². The van der Waals surface area contributed by atoms with E-state index in [2.05, 4.69) is 27.4 Å². The lowest BCUT2D eigenvalue weighted by atomic mass is 10.1. The van der Waals surface area contributed by atoms with Crippen molar-refractivity contribution in [3.63, 3.8) is 0 Å². The van der Waals surface area contributed by atoms with Gasteiger partial charge in [0.05, 0.1) is 3.79 Å². The molecule has 0 atom stereocenters. The van der Waals surface area contributed by atoms with Crippen LogP contribution in [0.25, 0.3) is 0 Å². The average Bonchev–Trinajstić information content (AvgIpc) is 2.74. The topological polar surface area (TPSA) is 46.3 Å². The molecule has 0 saturated carbocycles. The second-order valence-corrected chi connectivity index (χ2v) is 6.75. The van der Waals surface area contributed by atoms with Crippen molar-refractivity contribution in [3.8, 4) is 0 Å². The van der Waals surface area contributed by atoms with Gasteiger partial charge in [-0.3, -0.25) is 4.79 Å². The van der Waals surface area contributed by atoms with Gasteiger partial charge in [0.1, 0.15) is 0 Å². The zero-order valence-corrected chi connectivity index (χ0v) is 14.5. The Labute approximate surface area is 134 Å². The molecule has 3 nitrogen and oxygen atoms in total. The Balaban J connectivity index is 0.00000324. The number of hydrogen-bond acceptors (Lipinski definition) is 3. The molecule has 0 aromatic carbocycles. The minimum Gasteiger partial charge on any atom is -0.341 e. The van der Waals surface area contributed by atoms with Gasteiger partial charge in [-0.15, -0.1) is 23.7 Å². The van der Waals surface area contributed by atoms with Gasteiger partial charge in [0.2, 0.25) is 5.91 Å². The van der Waals surface area contributed by atoms with Gasteiger partial charge in [0.25, 0.3) is 0 Å². The molecule has 110 valence electrons. The monoisotopic (exact) mass is 368 g/mol. The lowest BCUT2D eigenvalue weighted by Crippen LogP contribution is -2.25. The van der Waals surface area contributed by atoms with E-state index < -0.39 is 0 Å². The van der Waals surface area contributed by atoms with Gasteiger partial charge in [-0.2, -0.15) is 0 Å². The molecule has 0 spiro atoms. The van der Waals surface area contributed by atoms with Crippen LogP contribution in [0.5, 0.6) is 0 Å². The summed E-state index contributed by atoms with van der Waals surface area (Å²) in [5.74, 6) is 0.227. The van der Waals surface area contributed by atoms with Crippen LogP contribution in [0, 0.1) is 0 Å². The summed E-state index contributed by atoms with van der Waals surface area (Å²) in [6.07, 6.45) is 4.90. The molecule has 19 heavy (non-hydrogen) atoms. The van der Waals surface area contributed by atoms with Crippen molar-refractivity contribution in [2.75, 3.05) is 13.6 Å². The van der Waals surface area contributed by atoms with Crippen molar-refractivity contribution in [2.24, 2.45) is 5.73 Å². The van der Waals surface area contributed by atoms with E-state index in [9.17, 15) is 4.79 Å². The zero-order valence-electron chi connectivity index (χ0n) is 11.2. The van der Waals surface area contributed by atoms with Gasteiger partial charge in [-0.25, -0.2) is 0 Å². The molecule has 0 bridgehead atoms. The summed E-state index contributed by atoms with van der Waals surface area (Å²) >= 11 is 5.08. The highest BCUT2D eigenvalue weighted by molar-refractivity contribution is 9.11. The molecule has 2 N–H and O–H groups in total. The standard InChI is InChI=1S/C13H21BrN2OS.ClH/c1-16(9-11-8-12(14)18-10-11)13(17)6-4-2-3-5-7-15;/h8,10H,2-7,9,15H2,1H3;1H. The first-order chi connectivity index (χ1) is 8.63. The highest BCUT2D eigenvalue weighted by Crippen LogP contribution is 2.21. The minimum absolute atomic E-state index is 0. The number of carbonyl (C=O) groups excluding carboxylic acids is 1.